The molecule has 8 heteroatoms. The summed E-state index contributed by atoms with van der Waals surface area (Å²) >= 11 is 5.80. The molecule has 0 fully saturated rings. The highest BCUT2D eigenvalue weighted by atomic mass is 35.5. The second-order valence-electron chi connectivity index (χ2n) is 3.88. The number of nitrogens with zero attached hydrogens (tertiary/aromatic N) is 5. The number of aromatic nitrogens is 5. The molecular weight excluding hydrogens is 268 g/mol. The minimum absolute atomic E-state index is 0.101. The summed E-state index contributed by atoms with van der Waals surface area (Å²) in [5.41, 5.74) is 2.15. The second-order valence-corrected chi connectivity index (χ2v) is 4.21. The molecule has 0 radical (unpaired) electrons. The summed E-state index contributed by atoms with van der Waals surface area (Å²) in [7, 11) is 1.89. The van der Waals surface area contributed by atoms with E-state index in [1.54, 1.807) is 6.20 Å². The molecule has 1 N–H and O–H groups in total. The van der Waals surface area contributed by atoms with Crippen molar-refractivity contribution in [1.82, 2.24) is 24.7 Å². The van der Waals surface area contributed by atoms with Gasteiger partial charge in [-0.1, -0.05) is 0 Å². The van der Waals surface area contributed by atoms with Gasteiger partial charge in [0.1, 0.15) is 0 Å². The topological polar surface area (TPSA) is 77.8 Å². The van der Waals surface area contributed by atoms with Crippen molar-refractivity contribution in [3.05, 3.63) is 22.7 Å². The van der Waals surface area contributed by atoms with Gasteiger partial charge >= 0.3 is 6.01 Å². The molecule has 0 saturated carbocycles. The first-order chi connectivity index (χ1) is 9.10. The van der Waals surface area contributed by atoms with Crippen molar-refractivity contribution in [3.63, 3.8) is 0 Å². The first kappa shape index (κ1) is 13.5. The molecule has 0 atom stereocenters. The Morgan fingerprint density at radius 1 is 1.37 bits per heavy atom. The number of anilines is 1. The van der Waals surface area contributed by atoms with Gasteiger partial charge in [-0.15, -0.1) is 0 Å². The zero-order valence-corrected chi connectivity index (χ0v) is 11.8. The van der Waals surface area contributed by atoms with Crippen LogP contribution in [-0.2, 0) is 13.6 Å². The normalized spacial score (nSPS) is 10.5. The maximum atomic E-state index is 5.80. The van der Waals surface area contributed by atoms with Gasteiger partial charge in [-0.2, -0.15) is 20.1 Å². The summed E-state index contributed by atoms with van der Waals surface area (Å²) in [6, 6.07) is 0.216. The van der Waals surface area contributed by atoms with Crippen LogP contribution >= 0.6 is 11.6 Å². The standard InChI is InChI=1S/C11H15ClN6O/c1-4-19-11-16-9(12)15-10(17-11)13-5-8-6-14-18(3)7(8)2/h6H,4-5H2,1-3H3,(H,13,15,16,17). The molecule has 0 spiro atoms. The molecule has 0 bridgehead atoms. The van der Waals surface area contributed by atoms with Crippen molar-refractivity contribution < 1.29 is 4.74 Å². The van der Waals surface area contributed by atoms with Crippen LogP contribution in [0.15, 0.2) is 6.20 Å². The molecule has 7 nitrogen and oxygen atoms in total. The third-order valence-electron chi connectivity index (χ3n) is 2.63. The van der Waals surface area contributed by atoms with E-state index in [9.17, 15) is 0 Å². The number of rotatable bonds is 5. The fraction of sp³-hybridized carbons (Fsp3) is 0.455. The van der Waals surface area contributed by atoms with Crippen molar-refractivity contribution >= 4 is 17.5 Å². The quantitative estimate of drug-likeness (QED) is 0.897. The Balaban J connectivity index is 2.08. The number of ether oxygens (including phenoxy) is 1. The van der Waals surface area contributed by atoms with Crippen LogP contribution in [0.25, 0.3) is 0 Å². The largest absolute Gasteiger partial charge is 0.464 e. The first-order valence-corrected chi connectivity index (χ1v) is 6.23. The van der Waals surface area contributed by atoms with E-state index in [0.29, 0.717) is 19.1 Å². The average Bonchev–Trinajstić information content (AvgIpc) is 2.67. The zero-order valence-electron chi connectivity index (χ0n) is 11.0. The number of nitrogens with one attached hydrogen (secondary N) is 1. The van der Waals surface area contributed by atoms with E-state index in [2.05, 4.69) is 25.4 Å². The lowest BCUT2D eigenvalue weighted by Crippen LogP contribution is -2.07. The van der Waals surface area contributed by atoms with Crippen molar-refractivity contribution in [1.29, 1.82) is 0 Å². The Kier molecular flexibility index (Phi) is 4.16. The van der Waals surface area contributed by atoms with Crippen LogP contribution in [0, 0.1) is 6.92 Å². The third-order valence-corrected chi connectivity index (χ3v) is 2.80. The van der Waals surface area contributed by atoms with E-state index in [-0.39, 0.29) is 11.3 Å². The third kappa shape index (κ3) is 3.31. The minimum Gasteiger partial charge on any atom is -0.464 e. The molecule has 0 aromatic carbocycles. The van der Waals surface area contributed by atoms with Crippen molar-refractivity contribution in [3.8, 4) is 6.01 Å². The van der Waals surface area contributed by atoms with E-state index in [4.69, 9.17) is 16.3 Å². The highest BCUT2D eigenvalue weighted by Crippen LogP contribution is 2.13. The molecule has 0 unspecified atom stereocenters. The highest BCUT2D eigenvalue weighted by Gasteiger charge is 2.07. The Morgan fingerprint density at radius 3 is 2.79 bits per heavy atom. The Hall–Kier alpha value is -1.89. The van der Waals surface area contributed by atoms with Crippen LogP contribution in [0.4, 0.5) is 5.95 Å². The predicted molar refractivity (Wildman–Crippen MR) is 71.3 cm³/mol. The molecule has 0 aliphatic carbocycles. The zero-order chi connectivity index (χ0) is 13.8. The number of hydrogen-bond acceptors (Lipinski definition) is 6. The maximum Gasteiger partial charge on any atom is 0.322 e. The minimum atomic E-state index is 0.101. The van der Waals surface area contributed by atoms with Crippen LogP contribution in [0.2, 0.25) is 5.28 Å². The SMILES string of the molecule is CCOc1nc(Cl)nc(NCc2cnn(C)c2C)n1. The average molecular weight is 283 g/mol. The van der Waals surface area contributed by atoms with Crippen LogP contribution in [0.3, 0.4) is 0 Å². The van der Waals surface area contributed by atoms with Gasteiger partial charge in [0.15, 0.2) is 0 Å². The summed E-state index contributed by atoms with van der Waals surface area (Å²) in [4.78, 5) is 12.0. The second kappa shape index (κ2) is 5.83. The summed E-state index contributed by atoms with van der Waals surface area (Å²) < 4.78 is 7.01. The van der Waals surface area contributed by atoms with E-state index < -0.39 is 0 Å². The number of hydrogen-bond donors (Lipinski definition) is 1. The fourth-order valence-corrected chi connectivity index (χ4v) is 1.65. The molecule has 0 saturated heterocycles. The van der Waals surface area contributed by atoms with Gasteiger partial charge in [0.2, 0.25) is 11.2 Å². The Labute approximate surface area is 116 Å². The molecule has 2 aromatic heterocycles. The molecule has 19 heavy (non-hydrogen) atoms. The summed E-state index contributed by atoms with van der Waals surface area (Å²) in [5, 5.41) is 7.34. The van der Waals surface area contributed by atoms with Gasteiger partial charge in [0, 0.05) is 24.8 Å². The van der Waals surface area contributed by atoms with Crippen LogP contribution < -0.4 is 10.1 Å². The molecule has 102 valence electrons. The molecule has 2 rings (SSSR count). The lowest BCUT2D eigenvalue weighted by molar-refractivity contribution is 0.312. The summed E-state index contributed by atoms with van der Waals surface area (Å²) in [5.74, 6) is 0.381. The van der Waals surface area contributed by atoms with E-state index in [1.165, 1.54) is 0 Å². The van der Waals surface area contributed by atoms with Crippen molar-refractivity contribution in [2.45, 2.75) is 20.4 Å². The predicted octanol–water partition coefficient (Wildman–Crippen LogP) is 1.58. The van der Waals surface area contributed by atoms with Crippen LogP contribution in [0.5, 0.6) is 6.01 Å². The van der Waals surface area contributed by atoms with E-state index >= 15 is 0 Å². The first-order valence-electron chi connectivity index (χ1n) is 5.86. The van der Waals surface area contributed by atoms with E-state index in [0.717, 1.165) is 11.3 Å². The molecule has 0 aliphatic rings. The van der Waals surface area contributed by atoms with Gasteiger partial charge in [-0.25, -0.2) is 0 Å². The molecule has 0 aliphatic heterocycles. The lowest BCUT2D eigenvalue weighted by atomic mass is 10.2. The smallest absolute Gasteiger partial charge is 0.322 e. The van der Waals surface area contributed by atoms with Gasteiger partial charge in [0.05, 0.1) is 12.8 Å². The summed E-state index contributed by atoms with van der Waals surface area (Å²) in [6.07, 6.45) is 1.80. The van der Waals surface area contributed by atoms with Gasteiger partial charge in [-0.3, -0.25) is 4.68 Å². The fourth-order valence-electron chi connectivity index (χ4n) is 1.50. The van der Waals surface area contributed by atoms with Crippen molar-refractivity contribution in [2.75, 3.05) is 11.9 Å². The van der Waals surface area contributed by atoms with E-state index in [1.807, 2.05) is 25.6 Å². The lowest BCUT2D eigenvalue weighted by Gasteiger charge is -2.06. The monoisotopic (exact) mass is 282 g/mol. The Bertz CT molecular complexity index is 570. The molecule has 0 amide bonds. The van der Waals surface area contributed by atoms with Crippen LogP contribution in [-0.4, -0.2) is 31.3 Å². The molecule has 2 aromatic rings. The molecule has 2 heterocycles. The van der Waals surface area contributed by atoms with Gasteiger partial charge in [0.25, 0.3) is 0 Å². The summed E-state index contributed by atoms with van der Waals surface area (Å²) in [6.45, 7) is 4.88. The number of aryl methyl sites for hydroxylation is 1. The molecular formula is C11H15ClN6O. The van der Waals surface area contributed by atoms with Crippen LogP contribution in [0.1, 0.15) is 18.2 Å². The van der Waals surface area contributed by atoms with Gasteiger partial charge in [-0.05, 0) is 25.4 Å². The Morgan fingerprint density at radius 2 is 2.16 bits per heavy atom. The van der Waals surface area contributed by atoms with Crippen molar-refractivity contribution in [2.24, 2.45) is 7.05 Å². The number of halogens is 1. The highest BCUT2D eigenvalue weighted by molar-refractivity contribution is 6.28. The van der Waals surface area contributed by atoms with Gasteiger partial charge < -0.3 is 10.1 Å². The maximum absolute atomic E-state index is 5.80.